The summed E-state index contributed by atoms with van der Waals surface area (Å²) in [5, 5.41) is 22.0. The molecule has 2 aromatic rings. The highest BCUT2D eigenvalue weighted by Crippen LogP contribution is 2.17. The molecule has 1 aromatic carbocycles. The first-order valence-electron chi connectivity index (χ1n) is 7.20. The third-order valence-electron chi connectivity index (χ3n) is 3.18. The summed E-state index contributed by atoms with van der Waals surface area (Å²) in [5.74, 6) is -0.368. The van der Waals surface area contributed by atoms with Crippen LogP contribution < -0.4 is 5.32 Å². The van der Waals surface area contributed by atoms with Crippen LogP contribution in [0.3, 0.4) is 0 Å². The third kappa shape index (κ3) is 5.05. The largest absolute Gasteiger partial charge is 0.390 e. The van der Waals surface area contributed by atoms with Gasteiger partial charge < -0.3 is 20.1 Å². The number of aliphatic hydroxyl groups excluding tert-OH is 2. The average molecular weight is 339 g/mol. The Bertz CT molecular complexity index is 738. The minimum Gasteiger partial charge on any atom is -0.390 e. The van der Waals surface area contributed by atoms with E-state index in [2.05, 4.69) is 10.3 Å². The summed E-state index contributed by atoms with van der Waals surface area (Å²) in [4.78, 5) is 4.17. The Morgan fingerprint density at radius 1 is 1.26 bits per heavy atom. The van der Waals surface area contributed by atoms with Crippen LogP contribution in [-0.2, 0) is 16.4 Å². The standard InChI is InChI=1S/C15H21N3O4S/c1-11-7-18(10-16-11)8-14(20)9-23(21,22)15-5-3-13(4-6-15)17-12(2)19/h3-7,10,12,14,17,19-20H,8-9H2,1-2H3. The van der Waals surface area contributed by atoms with Crippen LogP contribution in [-0.4, -0.2) is 46.3 Å². The Balaban J connectivity index is 2.02. The summed E-state index contributed by atoms with van der Waals surface area (Å²) in [7, 11) is -3.59. The number of nitrogens with zero attached hydrogens (tertiary/aromatic N) is 2. The van der Waals surface area contributed by atoms with Crippen molar-refractivity contribution in [1.82, 2.24) is 9.55 Å². The van der Waals surface area contributed by atoms with Gasteiger partial charge in [0.2, 0.25) is 0 Å². The highest BCUT2D eigenvalue weighted by Gasteiger charge is 2.20. The SMILES string of the molecule is Cc1cn(CC(O)CS(=O)(=O)c2ccc(NC(C)O)cc2)cn1. The van der Waals surface area contributed by atoms with E-state index in [0.717, 1.165) is 5.69 Å². The molecule has 3 N–H and O–H groups in total. The van der Waals surface area contributed by atoms with Crippen molar-refractivity contribution in [1.29, 1.82) is 0 Å². The Kier molecular flexibility index (Phi) is 5.40. The van der Waals surface area contributed by atoms with Crippen LogP contribution in [0.1, 0.15) is 12.6 Å². The van der Waals surface area contributed by atoms with Crippen molar-refractivity contribution in [2.24, 2.45) is 0 Å². The Morgan fingerprint density at radius 2 is 1.91 bits per heavy atom. The molecule has 0 saturated heterocycles. The molecular formula is C15H21N3O4S. The van der Waals surface area contributed by atoms with Gasteiger partial charge in [-0.05, 0) is 38.1 Å². The molecule has 2 unspecified atom stereocenters. The molecule has 0 aliphatic carbocycles. The van der Waals surface area contributed by atoms with Gasteiger partial charge >= 0.3 is 0 Å². The highest BCUT2D eigenvalue weighted by molar-refractivity contribution is 7.91. The first-order chi connectivity index (χ1) is 10.8. The lowest BCUT2D eigenvalue weighted by molar-refractivity contribution is 0.176. The number of imidazole rings is 1. The van der Waals surface area contributed by atoms with E-state index in [9.17, 15) is 18.6 Å². The number of benzene rings is 1. The number of anilines is 1. The molecule has 0 aliphatic rings. The number of aromatic nitrogens is 2. The van der Waals surface area contributed by atoms with Gasteiger partial charge in [-0.2, -0.15) is 0 Å². The number of hydrogen-bond donors (Lipinski definition) is 3. The maximum atomic E-state index is 12.3. The van der Waals surface area contributed by atoms with Crippen molar-refractivity contribution in [2.75, 3.05) is 11.1 Å². The van der Waals surface area contributed by atoms with E-state index >= 15 is 0 Å². The van der Waals surface area contributed by atoms with Gasteiger partial charge in [0, 0.05) is 11.9 Å². The second kappa shape index (κ2) is 7.12. The molecule has 1 heterocycles. The van der Waals surface area contributed by atoms with Gasteiger partial charge in [0.1, 0.15) is 6.23 Å². The second-order valence-corrected chi connectivity index (χ2v) is 7.53. The van der Waals surface area contributed by atoms with Crippen molar-refractivity contribution in [3.63, 3.8) is 0 Å². The lowest BCUT2D eigenvalue weighted by Gasteiger charge is -2.13. The second-order valence-electron chi connectivity index (χ2n) is 5.49. The molecule has 8 heteroatoms. The molecular weight excluding hydrogens is 318 g/mol. The van der Waals surface area contributed by atoms with E-state index in [1.165, 1.54) is 12.1 Å². The molecule has 0 saturated carbocycles. The number of sulfone groups is 1. The Morgan fingerprint density at radius 3 is 2.43 bits per heavy atom. The van der Waals surface area contributed by atoms with Gasteiger partial charge in [-0.15, -0.1) is 0 Å². The molecule has 0 amide bonds. The van der Waals surface area contributed by atoms with Crippen LogP contribution in [0.2, 0.25) is 0 Å². The van der Waals surface area contributed by atoms with Gasteiger partial charge in [-0.1, -0.05) is 0 Å². The van der Waals surface area contributed by atoms with Crippen molar-refractivity contribution in [2.45, 2.75) is 37.6 Å². The quantitative estimate of drug-likeness (QED) is 0.644. The first-order valence-corrected chi connectivity index (χ1v) is 8.85. The molecule has 0 aliphatic heterocycles. The molecule has 2 atom stereocenters. The predicted octanol–water partition coefficient (Wildman–Crippen LogP) is 0.777. The molecule has 126 valence electrons. The number of nitrogens with one attached hydrogen (secondary N) is 1. The smallest absolute Gasteiger partial charge is 0.180 e. The summed E-state index contributed by atoms with van der Waals surface area (Å²) >= 11 is 0. The molecule has 0 radical (unpaired) electrons. The van der Waals surface area contributed by atoms with Gasteiger partial charge in [0.25, 0.3) is 0 Å². The van der Waals surface area contributed by atoms with Crippen LogP contribution in [0.15, 0.2) is 41.7 Å². The molecule has 7 nitrogen and oxygen atoms in total. The average Bonchev–Trinajstić information content (AvgIpc) is 2.83. The van der Waals surface area contributed by atoms with E-state index in [4.69, 9.17) is 0 Å². The molecule has 0 spiro atoms. The molecule has 23 heavy (non-hydrogen) atoms. The van der Waals surface area contributed by atoms with Gasteiger partial charge in [-0.25, -0.2) is 13.4 Å². The molecule has 2 rings (SSSR count). The Hall–Kier alpha value is -1.90. The van der Waals surface area contributed by atoms with Crippen molar-refractivity contribution in [3.05, 3.63) is 42.5 Å². The Labute approximate surface area is 135 Å². The van der Waals surface area contributed by atoms with Gasteiger partial charge in [0.15, 0.2) is 9.84 Å². The van der Waals surface area contributed by atoms with E-state index < -0.39 is 22.2 Å². The lowest BCUT2D eigenvalue weighted by Crippen LogP contribution is -2.25. The summed E-state index contributed by atoms with van der Waals surface area (Å²) in [6.45, 7) is 3.56. The number of aryl methyl sites for hydroxylation is 1. The van der Waals surface area contributed by atoms with Crippen molar-refractivity contribution >= 4 is 15.5 Å². The monoisotopic (exact) mass is 339 g/mol. The van der Waals surface area contributed by atoms with Crippen LogP contribution in [0.5, 0.6) is 0 Å². The predicted molar refractivity (Wildman–Crippen MR) is 86.8 cm³/mol. The fourth-order valence-electron chi connectivity index (χ4n) is 2.22. The number of rotatable bonds is 7. The fraction of sp³-hybridized carbons (Fsp3) is 0.400. The summed E-state index contributed by atoms with van der Waals surface area (Å²) < 4.78 is 26.3. The molecule has 1 aromatic heterocycles. The topological polar surface area (TPSA) is 104 Å². The van der Waals surface area contributed by atoms with Crippen LogP contribution in [0, 0.1) is 6.92 Å². The summed E-state index contributed by atoms with van der Waals surface area (Å²) in [5.41, 5.74) is 1.43. The number of aliphatic hydroxyl groups is 2. The van der Waals surface area contributed by atoms with Crippen LogP contribution in [0.4, 0.5) is 5.69 Å². The summed E-state index contributed by atoms with van der Waals surface area (Å²) in [6, 6.07) is 6.05. The minimum atomic E-state index is -3.59. The van der Waals surface area contributed by atoms with Gasteiger partial charge in [0.05, 0.1) is 35.3 Å². The van der Waals surface area contributed by atoms with E-state index in [1.807, 2.05) is 6.92 Å². The highest BCUT2D eigenvalue weighted by atomic mass is 32.2. The van der Waals surface area contributed by atoms with Crippen molar-refractivity contribution < 1.29 is 18.6 Å². The van der Waals surface area contributed by atoms with E-state index in [0.29, 0.717) is 5.69 Å². The minimum absolute atomic E-state index is 0.134. The lowest BCUT2D eigenvalue weighted by atomic mass is 10.3. The molecule has 0 bridgehead atoms. The molecule has 0 fully saturated rings. The zero-order valence-corrected chi connectivity index (χ0v) is 13.9. The van der Waals surface area contributed by atoms with Crippen LogP contribution in [0.25, 0.3) is 0 Å². The normalized spacial score (nSPS) is 14.4. The first kappa shape index (κ1) is 17.5. The van der Waals surface area contributed by atoms with Crippen LogP contribution >= 0.6 is 0 Å². The maximum absolute atomic E-state index is 12.3. The maximum Gasteiger partial charge on any atom is 0.180 e. The number of hydrogen-bond acceptors (Lipinski definition) is 6. The van der Waals surface area contributed by atoms with E-state index in [-0.39, 0.29) is 17.2 Å². The summed E-state index contributed by atoms with van der Waals surface area (Å²) in [6.07, 6.45) is 1.55. The van der Waals surface area contributed by atoms with Gasteiger partial charge in [-0.3, -0.25) is 0 Å². The zero-order valence-electron chi connectivity index (χ0n) is 13.0. The third-order valence-corrected chi connectivity index (χ3v) is 5.00. The van der Waals surface area contributed by atoms with E-state index in [1.54, 1.807) is 36.1 Å². The fourth-order valence-corrected chi connectivity index (χ4v) is 3.57. The zero-order chi connectivity index (χ0) is 17.0. The van der Waals surface area contributed by atoms with Crippen molar-refractivity contribution in [3.8, 4) is 0 Å².